The normalized spacial score (nSPS) is 27.2. The van der Waals surface area contributed by atoms with Crippen molar-refractivity contribution in [3.63, 3.8) is 0 Å². The van der Waals surface area contributed by atoms with Gasteiger partial charge in [0.15, 0.2) is 5.82 Å². The van der Waals surface area contributed by atoms with Crippen LogP contribution in [-0.4, -0.2) is 32.5 Å². The molecule has 1 fully saturated rings. The molecule has 1 aliphatic heterocycles. The molecule has 0 radical (unpaired) electrons. The molecule has 2 aliphatic rings. The number of rotatable bonds is 1. The minimum atomic E-state index is 0.177. The summed E-state index contributed by atoms with van der Waals surface area (Å²) in [5.74, 6) is 0.788. The van der Waals surface area contributed by atoms with Gasteiger partial charge in [-0.3, -0.25) is 4.98 Å². The summed E-state index contributed by atoms with van der Waals surface area (Å²) < 4.78 is 0. The highest BCUT2D eigenvalue weighted by atomic mass is 15.0. The highest BCUT2D eigenvalue weighted by Crippen LogP contribution is 2.54. The van der Waals surface area contributed by atoms with E-state index in [1.165, 1.54) is 11.1 Å². The number of benzene rings is 1. The Morgan fingerprint density at radius 2 is 2.04 bits per heavy atom. The first-order valence-corrected chi connectivity index (χ1v) is 9.02. The summed E-state index contributed by atoms with van der Waals surface area (Å²) in [6.45, 7) is 8.34. The average molecular weight is 333 g/mol. The Bertz CT molecular complexity index is 959. The summed E-state index contributed by atoms with van der Waals surface area (Å²) in [6.07, 6.45) is 7.37. The van der Waals surface area contributed by atoms with Crippen LogP contribution in [0.1, 0.15) is 38.3 Å². The first-order chi connectivity index (χ1) is 12.0. The maximum Gasteiger partial charge on any atom is 0.158 e. The number of piperidine rings is 1. The summed E-state index contributed by atoms with van der Waals surface area (Å²) in [6, 6.07) is 5.13. The summed E-state index contributed by atoms with van der Waals surface area (Å²) in [4.78, 5) is 16.7. The van der Waals surface area contributed by atoms with Gasteiger partial charge in [0.05, 0.1) is 17.2 Å². The molecule has 2 bridgehead atoms. The van der Waals surface area contributed by atoms with E-state index in [9.17, 15) is 0 Å². The maximum absolute atomic E-state index is 4.80. The number of hydrogen-bond donors (Lipinski definition) is 2. The lowest BCUT2D eigenvalue weighted by Crippen LogP contribution is -2.62. The van der Waals surface area contributed by atoms with Gasteiger partial charge in [0, 0.05) is 23.9 Å². The van der Waals surface area contributed by atoms with E-state index in [-0.39, 0.29) is 10.8 Å². The molecule has 128 valence electrons. The zero-order valence-electron chi connectivity index (χ0n) is 14.9. The number of hydrogen-bond acceptors (Lipinski definition) is 4. The van der Waals surface area contributed by atoms with Gasteiger partial charge in [-0.1, -0.05) is 20.8 Å². The van der Waals surface area contributed by atoms with Crippen molar-refractivity contribution < 1.29 is 0 Å². The number of imidazole rings is 1. The lowest BCUT2D eigenvalue weighted by atomic mass is 9.51. The zero-order valence-corrected chi connectivity index (χ0v) is 14.9. The third-order valence-corrected chi connectivity index (χ3v) is 6.84. The van der Waals surface area contributed by atoms with E-state index >= 15 is 0 Å². The molecule has 25 heavy (non-hydrogen) atoms. The SMILES string of the molecule is CC12CCN[C@H](Cc3cc4[nH]c(-c5cnccn5)nc4cc31)C2(C)C. The van der Waals surface area contributed by atoms with E-state index in [4.69, 9.17) is 4.98 Å². The molecule has 1 saturated heterocycles. The van der Waals surface area contributed by atoms with Crippen molar-refractivity contribution in [2.75, 3.05) is 6.54 Å². The van der Waals surface area contributed by atoms with Crippen LogP contribution in [0.3, 0.4) is 0 Å². The zero-order chi connectivity index (χ0) is 17.2. The third kappa shape index (κ3) is 1.96. The van der Waals surface area contributed by atoms with E-state index in [1.807, 2.05) is 0 Å². The molecule has 0 saturated carbocycles. The molecule has 3 heterocycles. The fourth-order valence-corrected chi connectivity index (χ4v) is 4.81. The molecule has 1 aromatic carbocycles. The van der Waals surface area contributed by atoms with Gasteiger partial charge in [-0.2, -0.15) is 0 Å². The molecule has 5 rings (SSSR count). The monoisotopic (exact) mass is 333 g/mol. The van der Waals surface area contributed by atoms with Crippen LogP contribution in [0.15, 0.2) is 30.7 Å². The molecule has 1 aliphatic carbocycles. The predicted octanol–water partition coefficient (Wildman–Crippen LogP) is 3.22. The minimum Gasteiger partial charge on any atom is -0.337 e. The molecule has 0 spiro atoms. The standard InChI is InChI=1S/C20H23N5/c1-19(2)17-9-12-8-14-15(10-13(12)20(19,3)4-5-23-17)25-18(24-14)16-11-21-6-7-22-16/h6-8,10-11,17,23H,4-5,9H2,1-3H3,(H,24,25)/t17-,20?/m1/s1. The van der Waals surface area contributed by atoms with Crippen LogP contribution in [-0.2, 0) is 11.8 Å². The van der Waals surface area contributed by atoms with Crippen molar-refractivity contribution in [3.8, 4) is 11.5 Å². The van der Waals surface area contributed by atoms with E-state index in [0.717, 1.165) is 41.9 Å². The minimum absolute atomic E-state index is 0.177. The van der Waals surface area contributed by atoms with Gasteiger partial charge >= 0.3 is 0 Å². The maximum atomic E-state index is 4.80. The van der Waals surface area contributed by atoms with Crippen LogP contribution in [0, 0.1) is 5.41 Å². The Labute approximate surface area is 147 Å². The van der Waals surface area contributed by atoms with Crippen LogP contribution >= 0.6 is 0 Å². The highest BCUT2D eigenvalue weighted by molar-refractivity contribution is 5.81. The second-order valence-corrected chi connectivity index (χ2v) is 8.22. The van der Waals surface area contributed by atoms with E-state index < -0.39 is 0 Å². The molecule has 5 heteroatoms. The Morgan fingerprint density at radius 1 is 1.16 bits per heavy atom. The Kier molecular flexibility index (Phi) is 2.93. The van der Waals surface area contributed by atoms with Crippen LogP contribution in [0.2, 0.25) is 0 Å². The van der Waals surface area contributed by atoms with E-state index in [1.54, 1.807) is 18.6 Å². The number of aromatic amines is 1. The van der Waals surface area contributed by atoms with Crippen LogP contribution < -0.4 is 5.32 Å². The van der Waals surface area contributed by atoms with Crippen LogP contribution in [0.5, 0.6) is 0 Å². The fourth-order valence-electron chi connectivity index (χ4n) is 4.81. The quantitative estimate of drug-likeness (QED) is 0.717. The molecular weight excluding hydrogens is 310 g/mol. The van der Waals surface area contributed by atoms with Crippen LogP contribution in [0.25, 0.3) is 22.6 Å². The molecular formula is C20H23N5. The molecule has 5 nitrogen and oxygen atoms in total. The molecule has 1 unspecified atom stereocenters. The average Bonchev–Trinajstić information content (AvgIpc) is 3.01. The van der Waals surface area contributed by atoms with Gasteiger partial charge in [-0.05, 0) is 48.1 Å². The molecule has 3 aromatic rings. The third-order valence-electron chi connectivity index (χ3n) is 6.84. The van der Waals surface area contributed by atoms with Crippen molar-refractivity contribution in [1.29, 1.82) is 0 Å². The van der Waals surface area contributed by atoms with Gasteiger partial charge < -0.3 is 10.3 Å². The number of H-pyrrole nitrogens is 1. The van der Waals surface area contributed by atoms with Gasteiger partial charge in [0.25, 0.3) is 0 Å². The van der Waals surface area contributed by atoms with E-state index in [0.29, 0.717) is 6.04 Å². The largest absolute Gasteiger partial charge is 0.337 e. The van der Waals surface area contributed by atoms with Crippen molar-refractivity contribution in [2.24, 2.45) is 5.41 Å². The first-order valence-electron chi connectivity index (χ1n) is 9.02. The summed E-state index contributed by atoms with van der Waals surface area (Å²) in [5.41, 5.74) is 6.21. The Balaban J connectivity index is 1.70. The lowest BCUT2D eigenvalue weighted by Gasteiger charge is -2.57. The van der Waals surface area contributed by atoms with E-state index in [2.05, 4.69) is 53.2 Å². The first kappa shape index (κ1) is 15.0. The fraction of sp³-hybridized carbons (Fsp3) is 0.450. The molecule has 0 amide bonds. The summed E-state index contributed by atoms with van der Waals surface area (Å²) >= 11 is 0. The number of nitrogens with one attached hydrogen (secondary N) is 2. The van der Waals surface area contributed by atoms with Crippen molar-refractivity contribution in [3.05, 3.63) is 41.9 Å². The van der Waals surface area contributed by atoms with Gasteiger partial charge in [-0.15, -0.1) is 0 Å². The second kappa shape index (κ2) is 4.88. The summed E-state index contributed by atoms with van der Waals surface area (Å²) in [5, 5.41) is 3.74. The molecule has 2 atom stereocenters. The number of nitrogens with zero attached hydrogens (tertiary/aromatic N) is 3. The van der Waals surface area contributed by atoms with Gasteiger partial charge in [-0.25, -0.2) is 9.97 Å². The second-order valence-electron chi connectivity index (χ2n) is 8.22. The lowest BCUT2D eigenvalue weighted by molar-refractivity contribution is 0.0561. The summed E-state index contributed by atoms with van der Waals surface area (Å²) in [7, 11) is 0. The topological polar surface area (TPSA) is 66.5 Å². The highest BCUT2D eigenvalue weighted by Gasteiger charge is 2.53. The Morgan fingerprint density at radius 3 is 2.84 bits per heavy atom. The van der Waals surface area contributed by atoms with Gasteiger partial charge in [0.1, 0.15) is 5.69 Å². The predicted molar refractivity (Wildman–Crippen MR) is 98.4 cm³/mol. The number of aromatic nitrogens is 4. The molecule has 2 N–H and O–H groups in total. The van der Waals surface area contributed by atoms with Gasteiger partial charge in [0.2, 0.25) is 0 Å². The Hall–Kier alpha value is -2.27. The van der Waals surface area contributed by atoms with Crippen LogP contribution in [0.4, 0.5) is 0 Å². The van der Waals surface area contributed by atoms with Crippen molar-refractivity contribution in [1.82, 2.24) is 25.3 Å². The number of fused-ring (bicyclic) bond motifs is 5. The molecule has 2 aromatic heterocycles. The van der Waals surface area contributed by atoms with Crippen molar-refractivity contribution >= 4 is 11.0 Å². The smallest absolute Gasteiger partial charge is 0.158 e. The van der Waals surface area contributed by atoms with Crippen molar-refractivity contribution in [2.45, 2.75) is 45.1 Å².